The van der Waals surface area contributed by atoms with Gasteiger partial charge < -0.3 is 14.2 Å². The van der Waals surface area contributed by atoms with Gasteiger partial charge in [0.2, 0.25) is 6.79 Å². The quantitative estimate of drug-likeness (QED) is 0.554. The topological polar surface area (TPSA) is 82.1 Å². The van der Waals surface area contributed by atoms with Gasteiger partial charge in [-0.05, 0) is 42.5 Å². The summed E-state index contributed by atoms with van der Waals surface area (Å²) in [6, 6.07) is 3.45. The first-order valence-corrected chi connectivity index (χ1v) is 8.60. The average Bonchev–Trinajstić information content (AvgIpc) is 3.07. The summed E-state index contributed by atoms with van der Waals surface area (Å²) in [4.78, 5) is 36.9. The minimum atomic E-state index is -0.620. The summed E-state index contributed by atoms with van der Waals surface area (Å²) in [7, 11) is 0. The van der Waals surface area contributed by atoms with Crippen molar-refractivity contribution in [2.24, 2.45) is 0 Å². The third-order valence-electron chi connectivity index (χ3n) is 3.24. The molecule has 7 nitrogen and oxygen atoms in total. The molecule has 24 heavy (non-hydrogen) atoms. The summed E-state index contributed by atoms with van der Waals surface area (Å²) >= 11 is 4.17. The first-order valence-electron chi connectivity index (χ1n) is 6.99. The zero-order valence-corrected chi connectivity index (χ0v) is 14.9. The number of fused-ring (bicyclic) bond motifs is 1. The highest BCUT2D eigenvalue weighted by Gasteiger charge is 2.36. The molecule has 0 atom stereocenters. The van der Waals surface area contributed by atoms with Crippen LogP contribution >= 0.6 is 27.7 Å². The summed E-state index contributed by atoms with van der Waals surface area (Å²) in [6.45, 7) is 1.59. The molecule has 3 rings (SSSR count). The lowest BCUT2D eigenvalue weighted by molar-refractivity contribution is -0.145. The van der Waals surface area contributed by atoms with E-state index >= 15 is 0 Å². The van der Waals surface area contributed by atoms with E-state index in [9.17, 15) is 14.4 Å². The van der Waals surface area contributed by atoms with E-state index in [1.807, 2.05) is 0 Å². The molecule has 2 aliphatic rings. The Balaban J connectivity index is 1.83. The third-order valence-corrected chi connectivity index (χ3v) is 4.84. The van der Waals surface area contributed by atoms with Crippen molar-refractivity contribution < 1.29 is 28.6 Å². The zero-order valence-electron chi connectivity index (χ0n) is 12.5. The van der Waals surface area contributed by atoms with Gasteiger partial charge in [-0.3, -0.25) is 19.3 Å². The lowest BCUT2D eigenvalue weighted by atomic mass is 10.2. The number of amides is 2. The SMILES string of the molecule is CCOC(=O)CN1C(=O)S/C(=C/c2cc3c(cc2Br)OCO3)C1=O. The molecular weight excluding hydrogens is 402 g/mol. The smallest absolute Gasteiger partial charge is 0.326 e. The number of hydrogen-bond acceptors (Lipinski definition) is 7. The monoisotopic (exact) mass is 413 g/mol. The second kappa shape index (κ2) is 6.86. The van der Waals surface area contributed by atoms with Gasteiger partial charge in [0.1, 0.15) is 6.54 Å². The Bertz CT molecular complexity index is 763. The fourth-order valence-electron chi connectivity index (χ4n) is 2.16. The largest absolute Gasteiger partial charge is 0.465 e. The summed E-state index contributed by atoms with van der Waals surface area (Å²) in [5.74, 6) is 0.0255. The number of carbonyl (C=O) groups excluding carboxylic acids is 3. The van der Waals surface area contributed by atoms with Gasteiger partial charge in [0, 0.05) is 4.47 Å². The van der Waals surface area contributed by atoms with Crippen molar-refractivity contribution in [1.29, 1.82) is 0 Å². The van der Waals surface area contributed by atoms with Crippen LogP contribution in [0.4, 0.5) is 4.79 Å². The molecule has 0 spiro atoms. The summed E-state index contributed by atoms with van der Waals surface area (Å²) < 4.78 is 16.0. The molecule has 0 aromatic heterocycles. The Morgan fingerprint density at radius 3 is 2.79 bits per heavy atom. The molecule has 0 unspecified atom stereocenters. The van der Waals surface area contributed by atoms with Crippen LogP contribution in [0.15, 0.2) is 21.5 Å². The van der Waals surface area contributed by atoms with Crippen molar-refractivity contribution in [2.75, 3.05) is 19.9 Å². The fraction of sp³-hybridized carbons (Fsp3) is 0.267. The molecule has 0 bridgehead atoms. The maximum Gasteiger partial charge on any atom is 0.326 e. The standard InChI is InChI=1S/C15H12BrNO6S/c1-2-21-13(18)6-17-14(19)12(24-15(17)20)4-8-3-10-11(5-9(8)16)23-7-22-10/h3-5H,2,6-7H2,1H3/b12-4+. The molecule has 2 aliphatic heterocycles. The van der Waals surface area contributed by atoms with E-state index in [0.717, 1.165) is 16.7 Å². The molecule has 0 aliphatic carbocycles. The van der Waals surface area contributed by atoms with Crippen molar-refractivity contribution in [3.05, 3.63) is 27.1 Å². The van der Waals surface area contributed by atoms with Crippen molar-refractivity contribution in [3.63, 3.8) is 0 Å². The first-order chi connectivity index (χ1) is 11.5. The number of thioether (sulfide) groups is 1. The fourth-order valence-corrected chi connectivity index (χ4v) is 3.42. The number of nitrogens with zero attached hydrogens (tertiary/aromatic N) is 1. The van der Waals surface area contributed by atoms with Gasteiger partial charge in [-0.15, -0.1) is 0 Å². The summed E-state index contributed by atoms with van der Waals surface area (Å²) in [5.41, 5.74) is 0.667. The molecule has 0 N–H and O–H groups in total. The van der Waals surface area contributed by atoms with E-state index in [2.05, 4.69) is 15.9 Å². The molecule has 126 valence electrons. The molecular formula is C15H12BrNO6S. The highest BCUT2D eigenvalue weighted by molar-refractivity contribution is 9.10. The molecule has 2 amide bonds. The van der Waals surface area contributed by atoms with E-state index < -0.39 is 23.7 Å². The predicted octanol–water partition coefficient (Wildman–Crippen LogP) is 2.78. The van der Waals surface area contributed by atoms with Crippen molar-refractivity contribution in [1.82, 2.24) is 4.90 Å². The Morgan fingerprint density at radius 2 is 2.08 bits per heavy atom. The molecule has 1 saturated heterocycles. The Labute approximate surface area is 150 Å². The number of rotatable bonds is 4. The van der Waals surface area contributed by atoms with Crippen molar-refractivity contribution in [3.8, 4) is 11.5 Å². The Morgan fingerprint density at radius 1 is 1.38 bits per heavy atom. The predicted molar refractivity (Wildman–Crippen MR) is 89.6 cm³/mol. The van der Waals surface area contributed by atoms with E-state index in [-0.39, 0.29) is 18.3 Å². The Hall–Kier alpha value is -2.00. The Kier molecular flexibility index (Phi) is 4.81. The number of hydrogen-bond donors (Lipinski definition) is 0. The van der Waals surface area contributed by atoms with Crippen LogP contribution < -0.4 is 9.47 Å². The summed E-state index contributed by atoms with van der Waals surface area (Å²) in [6.07, 6.45) is 1.57. The van der Waals surface area contributed by atoms with Gasteiger partial charge in [0.25, 0.3) is 11.1 Å². The van der Waals surface area contributed by atoms with Crippen LogP contribution in [0, 0.1) is 0 Å². The van der Waals surface area contributed by atoms with Gasteiger partial charge in [-0.2, -0.15) is 0 Å². The van der Waals surface area contributed by atoms with Crippen LogP contribution in [0.3, 0.4) is 0 Å². The highest BCUT2D eigenvalue weighted by atomic mass is 79.9. The zero-order chi connectivity index (χ0) is 17.3. The van der Waals surface area contributed by atoms with E-state index in [1.54, 1.807) is 25.1 Å². The third kappa shape index (κ3) is 3.27. The lowest BCUT2D eigenvalue weighted by Gasteiger charge is -2.10. The van der Waals surface area contributed by atoms with E-state index in [1.165, 1.54) is 0 Å². The van der Waals surface area contributed by atoms with Crippen LogP contribution in [0.1, 0.15) is 12.5 Å². The molecule has 0 saturated carbocycles. The number of benzene rings is 1. The van der Waals surface area contributed by atoms with Gasteiger partial charge in [-0.1, -0.05) is 15.9 Å². The number of halogens is 1. The second-order valence-corrected chi connectivity index (χ2v) is 6.65. The van der Waals surface area contributed by atoms with E-state index in [4.69, 9.17) is 14.2 Å². The highest BCUT2D eigenvalue weighted by Crippen LogP contribution is 2.39. The average molecular weight is 414 g/mol. The molecule has 1 aromatic rings. The van der Waals surface area contributed by atoms with Gasteiger partial charge in [-0.25, -0.2) is 0 Å². The number of imide groups is 1. The molecule has 9 heteroatoms. The maximum atomic E-state index is 12.3. The summed E-state index contributed by atoms with van der Waals surface area (Å²) in [5, 5.41) is -0.504. The van der Waals surface area contributed by atoms with Gasteiger partial charge >= 0.3 is 5.97 Å². The molecule has 1 aromatic carbocycles. The maximum absolute atomic E-state index is 12.3. The number of ether oxygens (including phenoxy) is 3. The molecule has 1 fully saturated rings. The van der Waals surface area contributed by atoms with Crippen LogP contribution in [-0.4, -0.2) is 42.0 Å². The van der Waals surface area contributed by atoms with Crippen molar-refractivity contribution >= 4 is 50.9 Å². The normalized spacial score (nSPS) is 17.8. The number of carbonyl (C=O) groups is 3. The molecule has 2 heterocycles. The van der Waals surface area contributed by atoms with Gasteiger partial charge in [0.05, 0.1) is 11.5 Å². The van der Waals surface area contributed by atoms with Crippen molar-refractivity contribution in [2.45, 2.75) is 6.92 Å². The van der Waals surface area contributed by atoms with Gasteiger partial charge in [0.15, 0.2) is 11.5 Å². The van der Waals surface area contributed by atoms with Crippen LogP contribution in [0.5, 0.6) is 11.5 Å². The lowest BCUT2D eigenvalue weighted by Crippen LogP contribution is -2.34. The van der Waals surface area contributed by atoms with Crippen LogP contribution in [0.2, 0.25) is 0 Å². The molecule has 0 radical (unpaired) electrons. The number of esters is 1. The van der Waals surface area contributed by atoms with E-state index in [0.29, 0.717) is 21.5 Å². The van der Waals surface area contributed by atoms with Crippen LogP contribution in [0.25, 0.3) is 6.08 Å². The second-order valence-electron chi connectivity index (χ2n) is 4.80. The minimum absolute atomic E-state index is 0.140. The first kappa shape index (κ1) is 16.8. The van der Waals surface area contributed by atoms with Crippen LogP contribution in [-0.2, 0) is 14.3 Å². The minimum Gasteiger partial charge on any atom is -0.465 e.